The minimum atomic E-state index is -0.298. The highest BCUT2D eigenvalue weighted by Crippen LogP contribution is 2.32. The number of amides is 1. The Labute approximate surface area is 155 Å². The molecule has 1 aromatic heterocycles. The second kappa shape index (κ2) is 7.03. The van der Waals surface area contributed by atoms with Gasteiger partial charge in [0.2, 0.25) is 12.7 Å². The zero-order valence-electron chi connectivity index (χ0n) is 14.9. The first-order valence-electron chi connectivity index (χ1n) is 8.42. The maximum Gasteiger partial charge on any atom is 0.273 e. The Hall–Kier alpha value is -3.48. The van der Waals surface area contributed by atoms with Gasteiger partial charge in [0.05, 0.1) is 7.11 Å². The largest absolute Gasteiger partial charge is 0.497 e. The molecule has 1 aliphatic rings. The highest BCUT2D eigenvalue weighted by atomic mass is 16.7. The van der Waals surface area contributed by atoms with Crippen LogP contribution in [0.15, 0.2) is 46.9 Å². The van der Waals surface area contributed by atoms with Crippen molar-refractivity contribution in [1.29, 1.82) is 0 Å². The lowest BCUT2D eigenvalue weighted by Crippen LogP contribution is -2.23. The molecule has 1 N–H and O–H groups in total. The van der Waals surface area contributed by atoms with Crippen LogP contribution in [0.1, 0.15) is 21.8 Å². The highest BCUT2D eigenvalue weighted by Gasteiger charge is 2.19. The monoisotopic (exact) mass is 366 g/mol. The predicted octanol–water partition coefficient (Wildman–Crippen LogP) is 3.32. The van der Waals surface area contributed by atoms with E-state index in [0.717, 1.165) is 16.9 Å². The number of nitrogens with one attached hydrogen (secondary N) is 1. The summed E-state index contributed by atoms with van der Waals surface area (Å²) in [6.45, 7) is 2.28. The van der Waals surface area contributed by atoms with Gasteiger partial charge < -0.3 is 23.9 Å². The van der Waals surface area contributed by atoms with Gasteiger partial charge in [-0.25, -0.2) is 4.98 Å². The number of aromatic nitrogens is 1. The molecule has 0 saturated heterocycles. The zero-order chi connectivity index (χ0) is 18.8. The highest BCUT2D eigenvalue weighted by molar-refractivity contribution is 5.93. The number of nitrogens with zero attached hydrogens (tertiary/aromatic N) is 1. The Balaban J connectivity index is 1.46. The number of carbonyl (C=O) groups is 1. The van der Waals surface area contributed by atoms with Gasteiger partial charge in [0, 0.05) is 12.1 Å². The molecular formula is C20H18N2O5. The molecule has 0 atom stereocenters. The number of benzene rings is 2. The standard InChI is InChI=1S/C20H18N2O5/c1-12-18(22-20(27-12)14-4-6-15(24-2)7-5-14)19(23)21-10-13-3-8-16-17(9-13)26-11-25-16/h3-9H,10-11H2,1-2H3,(H,21,23). The third kappa shape index (κ3) is 3.44. The Kier molecular flexibility index (Phi) is 4.42. The van der Waals surface area contributed by atoms with E-state index in [2.05, 4.69) is 10.3 Å². The van der Waals surface area contributed by atoms with Crippen molar-refractivity contribution >= 4 is 5.91 Å². The predicted molar refractivity (Wildman–Crippen MR) is 97.0 cm³/mol. The maximum atomic E-state index is 12.5. The molecular weight excluding hydrogens is 348 g/mol. The van der Waals surface area contributed by atoms with Gasteiger partial charge in [-0.2, -0.15) is 0 Å². The fraction of sp³-hybridized carbons (Fsp3) is 0.200. The second-order valence-electron chi connectivity index (χ2n) is 6.02. The number of ether oxygens (including phenoxy) is 3. The van der Waals surface area contributed by atoms with E-state index in [-0.39, 0.29) is 18.4 Å². The number of hydrogen-bond donors (Lipinski definition) is 1. The second-order valence-corrected chi connectivity index (χ2v) is 6.02. The van der Waals surface area contributed by atoms with E-state index in [9.17, 15) is 4.79 Å². The molecule has 1 aliphatic heterocycles. The number of carbonyl (C=O) groups excluding carboxylic acids is 1. The molecule has 0 unspecified atom stereocenters. The summed E-state index contributed by atoms with van der Waals surface area (Å²) in [4.78, 5) is 16.8. The Morgan fingerprint density at radius 2 is 1.93 bits per heavy atom. The Bertz CT molecular complexity index is 979. The first-order valence-corrected chi connectivity index (χ1v) is 8.42. The number of hydrogen-bond acceptors (Lipinski definition) is 6. The van der Waals surface area contributed by atoms with Gasteiger partial charge in [0.15, 0.2) is 17.2 Å². The van der Waals surface area contributed by atoms with Crippen LogP contribution in [0, 0.1) is 6.92 Å². The first kappa shape index (κ1) is 17.0. The summed E-state index contributed by atoms with van der Waals surface area (Å²) in [5.74, 6) is 2.69. The number of rotatable bonds is 5. The number of oxazole rings is 1. The van der Waals surface area contributed by atoms with Crippen molar-refractivity contribution < 1.29 is 23.4 Å². The molecule has 0 radical (unpaired) electrons. The number of methoxy groups -OCH3 is 1. The zero-order valence-corrected chi connectivity index (χ0v) is 14.9. The summed E-state index contributed by atoms with van der Waals surface area (Å²) in [6.07, 6.45) is 0. The third-order valence-corrected chi connectivity index (χ3v) is 4.24. The maximum absolute atomic E-state index is 12.5. The fourth-order valence-electron chi connectivity index (χ4n) is 2.78. The van der Waals surface area contributed by atoms with E-state index in [0.29, 0.717) is 29.7 Å². The molecule has 4 rings (SSSR count). The lowest BCUT2D eigenvalue weighted by Gasteiger charge is -2.05. The molecule has 2 aromatic carbocycles. The Morgan fingerprint density at radius 1 is 1.15 bits per heavy atom. The van der Waals surface area contributed by atoms with Crippen LogP contribution >= 0.6 is 0 Å². The smallest absolute Gasteiger partial charge is 0.273 e. The first-order chi connectivity index (χ1) is 13.1. The molecule has 138 valence electrons. The summed E-state index contributed by atoms with van der Waals surface area (Å²) < 4.78 is 21.4. The summed E-state index contributed by atoms with van der Waals surface area (Å²) in [5, 5.41) is 2.85. The van der Waals surface area contributed by atoms with E-state index >= 15 is 0 Å². The summed E-state index contributed by atoms with van der Waals surface area (Å²) in [5.41, 5.74) is 1.94. The van der Waals surface area contributed by atoms with Gasteiger partial charge in [-0.15, -0.1) is 0 Å². The van der Waals surface area contributed by atoms with Gasteiger partial charge in [-0.3, -0.25) is 4.79 Å². The van der Waals surface area contributed by atoms with E-state index in [4.69, 9.17) is 18.6 Å². The fourth-order valence-corrected chi connectivity index (χ4v) is 2.78. The Morgan fingerprint density at radius 3 is 2.70 bits per heavy atom. The van der Waals surface area contributed by atoms with E-state index < -0.39 is 0 Å². The molecule has 27 heavy (non-hydrogen) atoms. The van der Waals surface area contributed by atoms with Crippen LogP contribution in [0.2, 0.25) is 0 Å². The van der Waals surface area contributed by atoms with Crippen LogP contribution in [0.5, 0.6) is 17.2 Å². The van der Waals surface area contributed by atoms with E-state index in [1.807, 2.05) is 42.5 Å². The molecule has 7 heteroatoms. The number of aryl methyl sites for hydroxylation is 1. The molecule has 1 amide bonds. The van der Waals surface area contributed by atoms with Crippen molar-refractivity contribution in [3.05, 3.63) is 59.5 Å². The van der Waals surface area contributed by atoms with Crippen molar-refractivity contribution in [1.82, 2.24) is 10.3 Å². The number of fused-ring (bicyclic) bond motifs is 1. The minimum absolute atomic E-state index is 0.220. The average molecular weight is 366 g/mol. The van der Waals surface area contributed by atoms with Crippen molar-refractivity contribution in [2.24, 2.45) is 0 Å². The SMILES string of the molecule is COc1ccc(-c2nc(C(=O)NCc3ccc4c(c3)OCO4)c(C)o2)cc1. The van der Waals surface area contributed by atoms with Crippen molar-refractivity contribution in [3.8, 4) is 28.7 Å². The average Bonchev–Trinajstić information content (AvgIpc) is 3.32. The lowest BCUT2D eigenvalue weighted by atomic mass is 10.2. The molecule has 0 spiro atoms. The van der Waals surface area contributed by atoms with Gasteiger partial charge >= 0.3 is 0 Å². The summed E-state index contributed by atoms with van der Waals surface area (Å²) >= 11 is 0. The van der Waals surface area contributed by atoms with Gasteiger partial charge in [-0.1, -0.05) is 6.07 Å². The molecule has 7 nitrogen and oxygen atoms in total. The molecule has 0 fully saturated rings. The molecule has 0 saturated carbocycles. The lowest BCUT2D eigenvalue weighted by molar-refractivity contribution is 0.0945. The van der Waals surface area contributed by atoms with Crippen LogP contribution in [0.25, 0.3) is 11.5 Å². The van der Waals surface area contributed by atoms with Crippen molar-refractivity contribution in [2.45, 2.75) is 13.5 Å². The van der Waals surface area contributed by atoms with Crippen LogP contribution in [0.3, 0.4) is 0 Å². The molecule has 0 bridgehead atoms. The normalized spacial score (nSPS) is 12.1. The van der Waals surface area contributed by atoms with Gasteiger partial charge in [0.1, 0.15) is 11.5 Å². The van der Waals surface area contributed by atoms with Gasteiger partial charge in [0.25, 0.3) is 5.91 Å². The topological polar surface area (TPSA) is 82.8 Å². The quantitative estimate of drug-likeness (QED) is 0.746. The third-order valence-electron chi connectivity index (χ3n) is 4.24. The van der Waals surface area contributed by atoms with Crippen LogP contribution in [0.4, 0.5) is 0 Å². The summed E-state index contributed by atoms with van der Waals surface area (Å²) in [6, 6.07) is 12.8. The molecule has 3 aromatic rings. The van der Waals surface area contributed by atoms with E-state index in [1.165, 1.54) is 0 Å². The molecule has 0 aliphatic carbocycles. The summed E-state index contributed by atoms with van der Waals surface area (Å²) in [7, 11) is 1.60. The van der Waals surface area contributed by atoms with Crippen LogP contribution in [-0.2, 0) is 6.54 Å². The van der Waals surface area contributed by atoms with Gasteiger partial charge in [-0.05, 0) is 48.9 Å². The van der Waals surface area contributed by atoms with Crippen molar-refractivity contribution in [2.75, 3.05) is 13.9 Å². The minimum Gasteiger partial charge on any atom is -0.497 e. The molecule has 2 heterocycles. The van der Waals surface area contributed by atoms with Crippen LogP contribution < -0.4 is 19.5 Å². The van der Waals surface area contributed by atoms with E-state index in [1.54, 1.807) is 14.0 Å². The van der Waals surface area contributed by atoms with Crippen LogP contribution in [-0.4, -0.2) is 24.8 Å². The van der Waals surface area contributed by atoms with Crippen molar-refractivity contribution in [3.63, 3.8) is 0 Å².